The topological polar surface area (TPSA) is 101 Å². The zero-order chi connectivity index (χ0) is 14.9. The number of benzene rings is 1. The lowest BCUT2D eigenvalue weighted by Crippen LogP contribution is -2.17. The molecular formula is C11H10BrN3O4S. The molecule has 0 saturated heterocycles. The van der Waals surface area contributed by atoms with Crippen LogP contribution in [0.1, 0.15) is 10.4 Å². The number of carboxylic acids is 1. The number of halogens is 1. The van der Waals surface area contributed by atoms with Crippen molar-refractivity contribution in [2.24, 2.45) is 7.05 Å². The zero-order valence-corrected chi connectivity index (χ0v) is 12.6. The van der Waals surface area contributed by atoms with Crippen LogP contribution in [-0.2, 0) is 17.1 Å². The summed E-state index contributed by atoms with van der Waals surface area (Å²) in [5.41, 5.74) is 0.127. The molecule has 1 aromatic heterocycles. The third kappa shape index (κ3) is 2.83. The number of carboxylic acid groups (broad SMARTS) is 1. The van der Waals surface area contributed by atoms with Crippen molar-refractivity contribution in [2.75, 3.05) is 4.72 Å². The Hall–Kier alpha value is -1.87. The molecule has 0 fully saturated rings. The van der Waals surface area contributed by atoms with Gasteiger partial charge >= 0.3 is 5.97 Å². The summed E-state index contributed by atoms with van der Waals surface area (Å²) in [4.78, 5) is 10.9. The minimum atomic E-state index is -3.84. The molecule has 0 atom stereocenters. The Morgan fingerprint density at radius 2 is 2.10 bits per heavy atom. The maximum Gasteiger partial charge on any atom is 0.335 e. The molecule has 0 bridgehead atoms. The molecule has 0 unspecified atom stereocenters. The van der Waals surface area contributed by atoms with Crippen molar-refractivity contribution >= 4 is 37.6 Å². The van der Waals surface area contributed by atoms with E-state index in [1.807, 2.05) is 0 Å². The Morgan fingerprint density at radius 1 is 1.40 bits per heavy atom. The van der Waals surface area contributed by atoms with Crippen LogP contribution < -0.4 is 4.72 Å². The normalized spacial score (nSPS) is 11.3. The third-order valence-electron chi connectivity index (χ3n) is 2.51. The van der Waals surface area contributed by atoms with Crippen molar-refractivity contribution in [2.45, 2.75) is 5.03 Å². The van der Waals surface area contributed by atoms with Crippen LogP contribution in [0.3, 0.4) is 0 Å². The molecule has 0 saturated carbocycles. The highest BCUT2D eigenvalue weighted by Crippen LogP contribution is 2.26. The van der Waals surface area contributed by atoms with E-state index < -0.39 is 16.0 Å². The number of carbonyl (C=O) groups is 1. The third-order valence-corrected chi connectivity index (χ3v) is 4.64. The van der Waals surface area contributed by atoms with Crippen molar-refractivity contribution < 1.29 is 18.3 Å². The van der Waals surface area contributed by atoms with Crippen molar-refractivity contribution in [1.82, 2.24) is 9.78 Å². The SMILES string of the molecule is Cn1nccc1S(=O)(=O)Nc1cc(C(=O)O)ccc1Br. The molecule has 2 N–H and O–H groups in total. The predicted octanol–water partition coefficient (Wildman–Crippen LogP) is 1.68. The van der Waals surface area contributed by atoms with Crippen molar-refractivity contribution in [1.29, 1.82) is 0 Å². The average molecular weight is 360 g/mol. The molecule has 0 spiro atoms. The molecule has 2 aromatic rings. The van der Waals surface area contributed by atoms with Gasteiger partial charge in [-0.15, -0.1) is 0 Å². The van der Waals surface area contributed by atoms with Gasteiger partial charge in [0.15, 0.2) is 5.03 Å². The summed E-state index contributed by atoms with van der Waals surface area (Å²) < 4.78 is 28.3. The number of rotatable bonds is 4. The lowest BCUT2D eigenvalue weighted by Gasteiger charge is -2.10. The number of anilines is 1. The van der Waals surface area contributed by atoms with Crippen molar-refractivity contribution in [3.8, 4) is 0 Å². The van der Waals surface area contributed by atoms with Gasteiger partial charge in [-0.25, -0.2) is 4.79 Å². The fraction of sp³-hybridized carbons (Fsp3) is 0.0909. The van der Waals surface area contributed by atoms with Crippen molar-refractivity contribution in [3.05, 3.63) is 40.5 Å². The quantitative estimate of drug-likeness (QED) is 0.864. The van der Waals surface area contributed by atoms with Gasteiger partial charge < -0.3 is 5.11 Å². The van der Waals surface area contributed by atoms with Gasteiger partial charge in [-0.3, -0.25) is 9.40 Å². The van der Waals surface area contributed by atoms with E-state index in [4.69, 9.17) is 5.11 Å². The fourth-order valence-electron chi connectivity index (χ4n) is 1.56. The van der Waals surface area contributed by atoms with Gasteiger partial charge in [0, 0.05) is 11.5 Å². The largest absolute Gasteiger partial charge is 0.478 e. The summed E-state index contributed by atoms with van der Waals surface area (Å²) in [5.74, 6) is -1.14. The van der Waals surface area contributed by atoms with Crippen LogP contribution in [0.5, 0.6) is 0 Å². The van der Waals surface area contributed by atoms with Crippen LogP contribution >= 0.6 is 15.9 Å². The van der Waals surface area contributed by atoms with Gasteiger partial charge in [0.05, 0.1) is 17.4 Å². The second kappa shape index (κ2) is 5.25. The highest BCUT2D eigenvalue weighted by molar-refractivity contribution is 9.10. The first-order valence-corrected chi connectivity index (χ1v) is 7.62. The molecule has 7 nitrogen and oxygen atoms in total. The van der Waals surface area contributed by atoms with E-state index in [1.54, 1.807) is 0 Å². The maximum atomic E-state index is 12.2. The molecule has 0 aliphatic heterocycles. The number of aromatic carboxylic acids is 1. The molecule has 20 heavy (non-hydrogen) atoms. The molecule has 0 radical (unpaired) electrons. The summed E-state index contributed by atoms with van der Waals surface area (Å²) in [5, 5.41) is 12.7. The minimum absolute atomic E-state index is 0.0177. The molecule has 0 amide bonds. The van der Waals surface area contributed by atoms with E-state index >= 15 is 0 Å². The number of aryl methyl sites for hydroxylation is 1. The summed E-state index contributed by atoms with van der Waals surface area (Å²) in [6.07, 6.45) is 1.36. The second-order valence-corrected chi connectivity index (χ2v) is 6.38. The fourth-order valence-corrected chi connectivity index (χ4v) is 3.23. The van der Waals surface area contributed by atoms with Gasteiger partial charge in [0.1, 0.15) is 0 Å². The Morgan fingerprint density at radius 3 is 2.65 bits per heavy atom. The van der Waals surface area contributed by atoms with E-state index in [0.717, 1.165) is 0 Å². The molecular weight excluding hydrogens is 350 g/mol. The van der Waals surface area contributed by atoms with Crippen LogP contribution in [0.4, 0.5) is 5.69 Å². The predicted molar refractivity (Wildman–Crippen MR) is 75.1 cm³/mol. The average Bonchev–Trinajstić information content (AvgIpc) is 2.78. The smallest absolute Gasteiger partial charge is 0.335 e. The summed E-state index contributed by atoms with van der Waals surface area (Å²) >= 11 is 3.17. The van der Waals surface area contributed by atoms with Gasteiger partial charge in [-0.2, -0.15) is 13.5 Å². The van der Waals surface area contributed by atoms with Crippen LogP contribution in [0.15, 0.2) is 40.0 Å². The minimum Gasteiger partial charge on any atom is -0.478 e. The van der Waals surface area contributed by atoms with Crippen molar-refractivity contribution in [3.63, 3.8) is 0 Å². The van der Waals surface area contributed by atoms with E-state index in [2.05, 4.69) is 25.8 Å². The first kappa shape index (κ1) is 14.5. The molecule has 1 aromatic carbocycles. The number of hydrogen-bond acceptors (Lipinski definition) is 4. The second-order valence-electron chi connectivity index (χ2n) is 3.90. The van der Waals surface area contributed by atoms with Crippen LogP contribution in [0.25, 0.3) is 0 Å². The number of sulfonamides is 1. The highest BCUT2D eigenvalue weighted by atomic mass is 79.9. The Kier molecular flexibility index (Phi) is 3.82. The van der Waals surface area contributed by atoms with Crippen LogP contribution in [0.2, 0.25) is 0 Å². The Labute approximate surface area is 123 Å². The maximum absolute atomic E-state index is 12.2. The van der Waals surface area contributed by atoms with E-state index in [0.29, 0.717) is 4.47 Å². The van der Waals surface area contributed by atoms with Gasteiger partial charge in [-0.1, -0.05) is 0 Å². The van der Waals surface area contributed by atoms with Gasteiger partial charge in [0.2, 0.25) is 0 Å². The van der Waals surface area contributed by atoms with E-state index in [-0.39, 0.29) is 16.3 Å². The molecule has 106 valence electrons. The molecule has 9 heteroatoms. The molecule has 2 rings (SSSR count). The van der Waals surface area contributed by atoms with Gasteiger partial charge in [-0.05, 0) is 40.2 Å². The first-order valence-electron chi connectivity index (χ1n) is 5.35. The Bertz CT molecular complexity index is 770. The first-order chi connectivity index (χ1) is 9.31. The lowest BCUT2D eigenvalue weighted by molar-refractivity contribution is 0.0697. The highest BCUT2D eigenvalue weighted by Gasteiger charge is 2.19. The van der Waals surface area contributed by atoms with E-state index in [9.17, 15) is 13.2 Å². The van der Waals surface area contributed by atoms with E-state index in [1.165, 1.54) is 42.2 Å². The Balaban J connectivity index is 2.42. The molecule has 0 aliphatic carbocycles. The zero-order valence-electron chi connectivity index (χ0n) is 10.2. The molecule has 0 aliphatic rings. The molecule has 1 heterocycles. The number of nitrogens with one attached hydrogen (secondary N) is 1. The standard InChI is InChI=1S/C11H10BrN3O4S/c1-15-10(4-5-13-15)20(18,19)14-9-6-7(11(16)17)2-3-8(9)12/h2-6,14H,1H3,(H,16,17). The number of hydrogen-bond donors (Lipinski definition) is 2. The number of nitrogens with zero attached hydrogens (tertiary/aromatic N) is 2. The summed E-state index contributed by atoms with van der Waals surface area (Å²) in [6, 6.07) is 5.41. The van der Waals surface area contributed by atoms with Gasteiger partial charge in [0.25, 0.3) is 10.0 Å². The summed E-state index contributed by atoms with van der Waals surface area (Å²) in [6.45, 7) is 0. The lowest BCUT2D eigenvalue weighted by atomic mass is 10.2. The monoisotopic (exact) mass is 359 g/mol. The summed E-state index contributed by atoms with van der Waals surface area (Å²) in [7, 11) is -2.34. The van der Waals surface area contributed by atoms with Crippen LogP contribution in [0, 0.1) is 0 Å². The van der Waals surface area contributed by atoms with Crippen LogP contribution in [-0.4, -0.2) is 29.3 Å². The number of aromatic nitrogens is 2.